The normalized spacial score (nSPS) is 12.6. The van der Waals surface area contributed by atoms with Crippen molar-refractivity contribution in [2.75, 3.05) is 5.32 Å². The fourth-order valence-electron chi connectivity index (χ4n) is 1.07. The number of carbonyl (C=O) groups excluding carboxylic acids is 1. The lowest BCUT2D eigenvalue weighted by molar-refractivity contribution is -0.116. The quantitative estimate of drug-likeness (QED) is 0.837. The fourth-order valence-corrected chi connectivity index (χ4v) is 1.57. The molecule has 0 heterocycles. The standard InChI is InChI=1S/C11H13Br2NO/c1-7(2)10(13)11(15)14-9-6-4-3-5-8(9)12/h3-7,10H,1-2H3,(H,14,15). The van der Waals surface area contributed by atoms with Crippen LogP contribution in [0, 0.1) is 5.92 Å². The number of para-hydroxylation sites is 1. The number of rotatable bonds is 3. The van der Waals surface area contributed by atoms with E-state index >= 15 is 0 Å². The van der Waals surface area contributed by atoms with Gasteiger partial charge in [0, 0.05) is 4.47 Å². The minimum Gasteiger partial charge on any atom is -0.324 e. The van der Waals surface area contributed by atoms with E-state index in [4.69, 9.17) is 0 Å². The van der Waals surface area contributed by atoms with Gasteiger partial charge in [-0.2, -0.15) is 0 Å². The van der Waals surface area contributed by atoms with E-state index in [1.165, 1.54) is 0 Å². The smallest absolute Gasteiger partial charge is 0.238 e. The molecule has 0 aromatic heterocycles. The Labute approximate surface area is 107 Å². The van der Waals surface area contributed by atoms with Crippen LogP contribution in [-0.4, -0.2) is 10.7 Å². The fraction of sp³-hybridized carbons (Fsp3) is 0.364. The third-order valence-corrected chi connectivity index (χ3v) is 4.13. The minimum atomic E-state index is -0.162. The Bertz CT molecular complexity index is 352. The number of hydrogen-bond donors (Lipinski definition) is 1. The largest absolute Gasteiger partial charge is 0.324 e. The Kier molecular flexibility index (Phi) is 4.80. The molecule has 1 atom stereocenters. The van der Waals surface area contributed by atoms with Gasteiger partial charge in [-0.25, -0.2) is 0 Å². The maximum Gasteiger partial charge on any atom is 0.238 e. The average Bonchev–Trinajstić information content (AvgIpc) is 2.20. The Hall–Kier alpha value is -0.350. The summed E-state index contributed by atoms with van der Waals surface area (Å²) in [4.78, 5) is 11.6. The van der Waals surface area contributed by atoms with E-state index in [-0.39, 0.29) is 16.7 Å². The van der Waals surface area contributed by atoms with Crippen LogP contribution >= 0.6 is 31.9 Å². The van der Waals surface area contributed by atoms with Crippen LogP contribution in [-0.2, 0) is 4.79 Å². The van der Waals surface area contributed by atoms with Gasteiger partial charge in [0.15, 0.2) is 0 Å². The third kappa shape index (κ3) is 3.61. The van der Waals surface area contributed by atoms with Crippen molar-refractivity contribution < 1.29 is 4.79 Å². The zero-order valence-electron chi connectivity index (χ0n) is 8.63. The summed E-state index contributed by atoms with van der Waals surface area (Å²) in [5, 5.41) is 2.86. The molecule has 0 aliphatic rings. The summed E-state index contributed by atoms with van der Waals surface area (Å²) in [6, 6.07) is 7.56. The lowest BCUT2D eigenvalue weighted by Gasteiger charge is -2.14. The number of carbonyl (C=O) groups is 1. The van der Waals surface area contributed by atoms with Crippen molar-refractivity contribution in [3.05, 3.63) is 28.7 Å². The van der Waals surface area contributed by atoms with Gasteiger partial charge in [-0.1, -0.05) is 41.9 Å². The second-order valence-electron chi connectivity index (χ2n) is 3.61. The minimum absolute atomic E-state index is 0.0168. The van der Waals surface area contributed by atoms with Crippen LogP contribution < -0.4 is 5.32 Å². The molecule has 0 saturated carbocycles. The lowest BCUT2D eigenvalue weighted by atomic mass is 10.1. The van der Waals surface area contributed by atoms with E-state index in [0.29, 0.717) is 0 Å². The zero-order valence-corrected chi connectivity index (χ0v) is 11.8. The molecule has 0 aliphatic carbocycles. The predicted molar refractivity (Wildman–Crippen MR) is 70.3 cm³/mol. The molecule has 0 bridgehead atoms. The molecule has 0 fully saturated rings. The number of anilines is 1. The summed E-state index contributed by atoms with van der Waals surface area (Å²) in [5.41, 5.74) is 0.799. The van der Waals surface area contributed by atoms with Gasteiger partial charge in [-0.05, 0) is 34.0 Å². The first-order valence-electron chi connectivity index (χ1n) is 4.72. The molecule has 1 rings (SSSR count). The summed E-state index contributed by atoms with van der Waals surface area (Å²) < 4.78 is 0.891. The second kappa shape index (κ2) is 5.66. The van der Waals surface area contributed by atoms with Crippen molar-refractivity contribution in [1.82, 2.24) is 0 Å². The molecule has 1 unspecified atom stereocenters. The van der Waals surface area contributed by atoms with Gasteiger partial charge in [-0.15, -0.1) is 0 Å². The Morgan fingerprint density at radius 3 is 2.47 bits per heavy atom. The monoisotopic (exact) mass is 333 g/mol. The van der Waals surface area contributed by atoms with Crippen LogP contribution in [0.15, 0.2) is 28.7 Å². The zero-order chi connectivity index (χ0) is 11.4. The average molecular weight is 335 g/mol. The summed E-state index contributed by atoms with van der Waals surface area (Å²) in [6.07, 6.45) is 0. The molecule has 82 valence electrons. The number of hydrogen-bond acceptors (Lipinski definition) is 1. The summed E-state index contributed by atoms with van der Waals surface area (Å²) in [7, 11) is 0. The molecule has 1 N–H and O–H groups in total. The molecule has 1 aromatic carbocycles. The number of amides is 1. The highest BCUT2D eigenvalue weighted by Gasteiger charge is 2.18. The van der Waals surface area contributed by atoms with Gasteiger partial charge in [0.2, 0.25) is 5.91 Å². The van der Waals surface area contributed by atoms with E-state index in [1.54, 1.807) is 0 Å². The molecule has 15 heavy (non-hydrogen) atoms. The molecule has 4 heteroatoms. The number of alkyl halides is 1. The Balaban J connectivity index is 2.71. The van der Waals surface area contributed by atoms with E-state index in [1.807, 2.05) is 38.1 Å². The van der Waals surface area contributed by atoms with Gasteiger partial charge in [0.05, 0.1) is 10.5 Å². The number of benzene rings is 1. The Morgan fingerprint density at radius 1 is 1.33 bits per heavy atom. The van der Waals surface area contributed by atoms with Gasteiger partial charge in [-0.3, -0.25) is 4.79 Å². The first-order valence-corrected chi connectivity index (χ1v) is 6.42. The highest BCUT2D eigenvalue weighted by Crippen LogP contribution is 2.23. The van der Waals surface area contributed by atoms with Crippen molar-refractivity contribution in [3.63, 3.8) is 0 Å². The first kappa shape index (κ1) is 12.7. The maximum atomic E-state index is 11.7. The van der Waals surface area contributed by atoms with E-state index < -0.39 is 0 Å². The van der Waals surface area contributed by atoms with E-state index in [9.17, 15) is 4.79 Å². The number of nitrogens with one attached hydrogen (secondary N) is 1. The summed E-state index contributed by atoms with van der Waals surface area (Å²) in [6.45, 7) is 4.00. The molecule has 1 aromatic rings. The van der Waals surface area contributed by atoms with Crippen LogP contribution in [0.3, 0.4) is 0 Å². The van der Waals surface area contributed by atoms with Crippen LogP contribution in [0.25, 0.3) is 0 Å². The predicted octanol–water partition coefficient (Wildman–Crippen LogP) is 3.81. The highest BCUT2D eigenvalue weighted by molar-refractivity contribution is 9.10. The van der Waals surface area contributed by atoms with Gasteiger partial charge in [0.25, 0.3) is 0 Å². The van der Waals surface area contributed by atoms with Crippen LogP contribution in [0.2, 0.25) is 0 Å². The third-order valence-electron chi connectivity index (χ3n) is 1.97. The van der Waals surface area contributed by atoms with Crippen molar-refractivity contribution in [3.8, 4) is 0 Å². The SMILES string of the molecule is CC(C)C(Br)C(=O)Nc1ccccc1Br. The van der Waals surface area contributed by atoms with E-state index in [2.05, 4.69) is 37.2 Å². The topological polar surface area (TPSA) is 29.1 Å². The first-order chi connectivity index (χ1) is 7.02. The maximum absolute atomic E-state index is 11.7. The number of halogens is 2. The molecule has 0 aliphatic heterocycles. The van der Waals surface area contributed by atoms with Crippen molar-refractivity contribution >= 4 is 43.5 Å². The Morgan fingerprint density at radius 2 is 1.93 bits per heavy atom. The summed E-state index contributed by atoms with van der Waals surface area (Å²) in [5.74, 6) is 0.254. The van der Waals surface area contributed by atoms with Crippen molar-refractivity contribution in [2.45, 2.75) is 18.7 Å². The molecule has 1 amide bonds. The highest BCUT2D eigenvalue weighted by atomic mass is 79.9. The van der Waals surface area contributed by atoms with Crippen molar-refractivity contribution in [1.29, 1.82) is 0 Å². The summed E-state index contributed by atoms with van der Waals surface area (Å²) >= 11 is 6.74. The lowest BCUT2D eigenvalue weighted by Crippen LogP contribution is -2.27. The molecule has 0 spiro atoms. The molecule has 2 nitrogen and oxygen atoms in total. The van der Waals surface area contributed by atoms with Gasteiger partial charge in [0.1, 0.15) is 0 Å². The van der Waals surface area contributed by atoms with Gasteiger partial charge >= 0.3 is 0 Å². The molecular formula is C11H13Br2NO. The van der Waals surface area contributed by atoms with Crippen LogP contribution in [0.5, 0.6) is 0 Å². The molecular weight excluding hydrogens is 322 g/mol. The van der Waals surface area contributed by atoms with Crippen LogP contribution in [0.1, 0.15) is 13.8 Å². The van der Waals surface area contributed by atoms with Gasteiger partial charge < -0.3 is 5.32 Å². The molecule has 0 radical (unpaired) electrons. The van der Waals surface area contributed by atoms with Crippen LogP contribution in [0.4, 0.5) is 5.69 Å². The second-order valence-corrected chi connectivity index (χ2v) is 5.46. The van der Waals surface area contributed by atoms with Crippen molar-refractivity contribution in [2.24, 2.45) is 5.92 Å². The molecule has 0 saturated heterocycles. The van der Waals surface area contributed by atoms with E-state index in [0.717, 1.165) is 10.2 Å².